The molecule has 4 heteroatoms. The van der Waals surface area contributed by atoms with E-state index >= 15 is 0 Å². The lowest BCUT2D eigenvalue weighted by molar-refractivity contribution is 0.520. The van der Waals surface area contributed by atoms with Crippen LogP contribution < -0.4 is 5.73 Å². The molecule has 0 aliphatic rings. The molecule has 0 saturated heterocycles. The third-order valence-electron chi connectivity index (χ3n) is 2.06. The molecule has 1 aromatic carbocycles. The highest BCUT2D eigenvalue weighted by Crippen LogP contribution is 2.26. The number of nitrogens with two attached hydrogens (primary N) is 1. The molecule has 0 saturated carbocycles. The van der Waals surface area contributed by atoms with Crippen LogP contribution in [0.3, 0.4) is 0 Å². The Morgan fingerprint density at radius 1 is 1.27 bits per heavy atom. The van der Waals surface area contributed by atoms with Crippen LogP contribution in [0.5, 0.6) is 0 Å². The van der Waals surface area contributed by atoms with Gasteiger partial charge in [0, 0.05) is 5.02 Å². The van der Waals surface area contributed by atoms with Gasteiger partial charge in [-0.25, -0.2) is 4.39 Å². The van der Waals surface area contributed by atoms with Gasteiger partial charge in [-0.05, 0) is 30.3 Å². The topological polar surface area (TPSA) is 39.2 Å². The molecule has 0 fully saturated rings. The van der Waals surface area contributed by atoms with Crippen LogP contribution in [0.2, 0.25) is 5.02 Å². The van der Waals surface area contributed by atoms with Gasteiger partial charge in [0.2, 0.25) is 0 Å². The summed E-state index contributed by atoms with van der Waals surface area (Å²) in [5.41, 5.74) is 5.78. The molecule has 0 aliphatic carbocycles. The minimum atomic E-state index is -0.402. The Bertz CT molecular complexity index is 481. The maximum Gasteiger partial charge on any atom is 0.137 e. The Morgan fingerprint density at radius 2 is 2.07 bits per heavy atom. The summed E-state index contributed by atoms with van der Waals surface area (Å²) < 4.78 is 18.8. The number of rotatable bonds is 2. The fraction of sp³-hybridized carbons (Fsp3) is 0.0909. The van der Waals surface area contributed by atoms with Crippen molar-refractivity contribution < 1.29 is 8.81 Å². The molecule has 0 aliphatic heterocycles. The first-order valence-electron chi connectivity index (χ1n) is 4.45. The third-order valence-corrected chi connectivity index (χ3v) is 2.29. The Kier molecular flexibility index (Phi) is 2.75. The zero-order valence-corrected chi connectivity index (χ0v) is 8.59. The molecule has 0 unspecified atom stereocenters. The SMILES string of the molecule is NCc1ccc(-c2ccc(Cl)cc2F)o1. The fourth-order valence-electron chi connectivity index (χ4n) is 1.32. The average molecular weight is 226 g/mol. The molecular weight excluding hydrogens is 217 g/mol. The van der Waals surface area contributed by atoms with E-state index in [4.69, 9.17) is 21.8 Å². The summed E-state index contributed by atoms with van der Waals surface area (Å²) in [7, 11) is 0. The highest BCUT2D eigenvalue weighted by atomic mass is 35.5. The number of halogens is 2. The number of benzene rings is 1. The molecule has 1 heterocycles. The zero-order chi connectivity index (χ0) is 10.8. The summed E-state index contributed by atoms with van der Waals surface area (Å²) in [6, 6.07) is 7.86. The largest absolute Gasteiger partial charge is 0.460 e. The van der Waals surface area contributed by atoms with Crippen LogP contribution in [0.15, 0.2) is 34.7 Å². The van der Waals surface area contributed by atoms with Gasteiger partial charge in [-0.1, -0.05) is 11.6 Å². The van der Waals surface area contributed by atoms with Gasteiger partial charge in [0.25, 0.3) is 0 Å². The lowest BCUT2D eigenvalue weighted by atomic mass is 10.1. The van der Waals surface area contributed by atoms with E-state index in [9.17, 15) is 4.39 Å². The molecule has 0 radical (unpaired) electrons. The molecule has 15 heavy (non-hydrogen) atoms. The predicted octanol–water partition coefficient (Wildman–Crippen LogP) is 3.20. The zero-order valence-electron chi connectivity index (χ0n) is 7.84. The second-order valence-corrected chi connectivity index (χ2v) is 3.53. The van der Waals surface area contributed by atoms with E-state index in [1.54, 1.807) is 24.3 Å². The first-order chi connectivity index (χ1) is 7.20. The lowest BCUT2D eigenvalue weighted by Gasteiger charge is -1.99. The molecule has 0 spiro atoms. The van der Waals surface area contributed by atoms with Crippen molar-refractivity contribution in [3.8, 4) is 11.3 Å². The predicted molar refractivity (Wildman–Crippen MR) is 57.0 cm³/mol. The van der Waals surface area contributed by atoms with Crippen molar-refractivity contribution in [2.24, 2.45) is 5.73 Å². The molecule has 2 aromatic rings. The molecule has 0 amide bonds. The van der Waals surface area contributed by atoms with Gasteiger partial charge < -0.3 is 10.2 Å². The smallest absolute Gasteiger partial charge is 0.137 e. The number of hydrogen-bond donors (Lipinski definition) is 1. The molecule has 2 rings (SSSR count). The van der Waals surface area contributed by atoms with Crippen molar-refractivity contribution in [2.75, 3.05) is 0 Å². The Hall–Kier alpha value is -1.32. The van der Waals surface area contributed by atoms with Crippen LogP contribution in [0.25, 0.3) is 11.3 Å². The molecule has 2 nitrogen and oxygen atoms in total. The Balaban J connectivity index is 2.44. The van der Waals surface area contributed by atoms with Crippen LogP contribution >= 0.6 is 11.6 Å². The van der Waals surface area contributed by atoms with E-state index in [1.165, 1.54) is 6.07 Å². The minimum absolute atomic E-state index is 0.301. The van der Waals surface area contributed by atoms with Crippen molar-refractivity contribution in [3.05, 3.63) is 46.9 Å². The summed E-state index contributed by atoms with van der Waals surface area (Å²) in [4.78, 5) is 0. The van der Waals surface area contributed by atoms with E-state index in [0.717, 1.165) is 0 Å². The quantitative estimate of drug-likeness (QED) is 0.853. The number of hydrogen-bond acceptors (Lipinski definition) is 2. The monoisotopic (exact) mass is 225 g/mol. The van der Waals surface area contributed by atoms with Crippen LogP contribution in [-0.4, -0.2) is 0 Å². The van der Waals surface area contributed by atoms with Gasteiger partial charge in [-0.15, -0.1) is 0 Å². The van der Waals surface area contributed by atoms with Crippen LogP contribution in [-0.2, 0) is 6.54 Å². The minimum Gasteiger partial charge on any atom is -0.460 e. The van der Waals surface area contributed by atoms with Crippen molar-refractivity contribution in [1.82, 2.24) is 0 Å². The van der Waals surface area contributed by atoms with Gasteiger partial charge in [0.15, 0.2) is 0 Å². The second kappa shape index (κ2) is 4.04. The summed E-state index contributed by atoms with van der Waals surface area (Å²) in [6.45, 7) is 0.301. The molecule has 2 N–H and O–H groups in total. The fourth-order valence-corrected chi connectivity index (χ4v) is 1.48. The highest BCUT2D eigenvalue weighted by molar-refractivity contribution is 6.30. The molecule has 0 bridgehead atoms. The van der Waals surface area contributed by atoms with E-state index in [1.807, 2.05) is 0 Å². The van der Waals surface area contributed by atoms with Gasteiger partial charge >= 0.3 is 0 Å². The molecule has 1 aromatic heterocycles. The second-order valence-electron chi connectivity index (χ2n) is 3.09. The lowest BCUT2D eigenvalue weighted by Crippen LogP contribution is -1.92. The van der Waals surface area contributed by atoms with Crippen molar-refractivity contribution in [1.29, 1.82) is 0 Å². The first-order valence-corrected chi connectivity index (χ1v) is 4.82. The summed E-state index contributed by atoms with van der Waals surface area (Å²) in [5, 5.41) is 0.363. The normalized spacial score (nSPS) is 10.6. The van der Waals surface area contributed by atoms with Crippen LogP contribution in [0.1, 0.15) is 5.76 Å². The van der Waals surface area contributed by atoms with Crippen LogP contribution in [0, 0.1) is 5.82 Å². The van der Waals surface area contributed by atoms with Gasteiger partial charge in [0.1, 0.15) is 17.3 Å². The van der Waals surface area contributed by atoms with Gasteiger partial charge in [-0.2, -0.15) is 0 Å². The number of furan rings is 1. The van der Waals surface area contributed by atoms with Crippen molar-refractivity contribution >= 4 is 11.6 Å². The first kappa shape index (κ1) is 10.2. The summed E-state index contributed by atoms with van der Waals surface area (Å²) >= 11 is 5.65. The van der Waals surface area contributed by atoms with Crippen LogP contribution in [0.4, 0.5) is 4.39 Å². The summed E-state index contributed by atoms with van der Waals surface area (Å²) in [5.74, 6) is 0.685. The van der Waals surface area contributed by atoms with E-state index in [-0.39, 0.29) is 0 Å². The summed E-state index contributed by atoms with van der Waals surface area (Å²) in [6.07, 6.45) is 0. The van der Waals surface area contributed by atoms with Crippen molar-refractivity contribution in [3.63, 3.8) is 0 Å². The highest BCUT2D eigenvalue weighted by Gasteiger charge is 2.09. The maximum atomic E-state index is 13.5. The third kappa shape index (κ3) is 2.03. The van der Waals surface area contributed by atoms with Crippen molar-refractivity contribution in [2.45, 2.75) is 6.54 Å². The van der Waals surface area contributed by atoms with Gasteiger partial charge in [-0.3, -0.25) is 0 Å². The molecule has 78 valence electrons. The van der Waals surface area contributed by atoms with E-state index < -0.39 is 5.82 Å². The van der Waals surface area contributed by atoms with Gasteiger partial charge in [0.05, 0.1) is 12.1 Å². The van der Waals surface area contributed by atoms with E-state index in [0.29, 0.717) is 28.7 Å². The molecule has 0 atom stereocenters. The standard InChI is InChI=1S/C11H9ClFNO/c12-7-1-3-9(10(13)5-7)11-4-2-8(6-14)15-11/h1-5H,6,14H2. The molecular formula is C11H9ClFNO. The Labute approximate surface area is 91.5 Å². The maximum absolute atomic E-state index is 13.5. The van der Waals surface area contributed by atoms with E-state index in [2.05, 4.69) is 0 Å². The Morgan fingerprint density at radius 3 is 2.67 bits per heavy atom. The average Bonchev–Trinajstić information content (AvgIpc) is 2.66.